The van der Waals surface area contributed by atoms with Gasteiger partial charge in [-0.15, -0.1) is 0 Å². The number of hydrogen-bond acceptors (Lipinski definition) is 4. The van der Waals surface area contributed by atoms with Crippen LogP contribution >= 0.6 is 11.8 Å². The van der Waals surface area contributed by atoms with E-state index >= 15 is 0 Å². The first kappa shape index (κ1) is 11.1. The highest BCUT2D eigenvalue weighted by molar-refractivity contribution is 8.14. The van der Waals surface area contributed by atoms with Crippen LogP contribution in [0.25, 0.3) is 0 Å². The zero-order valence-electron chi connectivity index (χ0n) is 10.4. The van der Waals surface area contributed by atoms with Gasteiger partial charge in [0.1, 0.15) is 0 Å². The molecule has 0 atom stereocenters. The fraction of sp³-hybridized carbons (Fsp3) is 0.667. The molecule has 1 aliphatic carbocycles. The normalized spacial score (nSPS) is 22.1. The summed E-state index contributed by atoms with van der Waals surface area (Å²) in [6.45, 7) is 2.02. The van der Waals surface area contributed by atoms with Gasteiger partial charge in [-0.3, -0.25) is 9.67 Å². The van der Waals surface area contributed by atoms with E-state index in [0.717, 1.165) is 22.3 Å². The van der Waals surface area contributed by atoms with Crippen molar-refractivity contribution in [1.82, 2.24) is 9.78 Å². The van der Waals surface area contributed by atoms with Crippen LogP contribution in [0.3, 0.4) is 0 Å². The second kappa shape index (κ2) is 4.05. The largest absolute Gasteiger partial charge is 0.332 e. The van der Waals surface area contributed by atoms with Crippen LogP contribution in [-0.4, -0.2) is 26.2 Å². The fourth-order valence-corrected chi connectivity index (χ4v) is 3.87. The molecule has 92 valence electrons. The Hall–Kier alpha value is -0.970. The van der Waals surface area contributed by atoms with E-state index in [-0.39, 0.29) is 5.54 Å². The van der Waals surface area contributed by atoms with Crippen LogP contribution in [0.2, 0.25) is 0 Å². The van der Waals surface area contributed by atoms with E-state index in [9.17, 15) is 0 Å². The Morgan fingerprint density at radius 3 is 2.82 bits per heavy atom. The first-order valence-corrected chi connectivity index (χ1v) is 7.15. The maximum atomic E-state index is 4.90. The quantitative estimate of drug-likeness (QED) is 0.833. The maximum Gasteiger partial charge on any atom is 0.161 e. The summed E-state index contributed by atoms with van der Waals surface area (Å²) in [6, 6.07) is 0. The molecule has 1 spiro atoms. The predicted molar refractivity (Wildman–Crippen MR) is 72.7 cm³/mol. The number of amidine groups is 1. The molecule has 0 unspecified atom stereocenters. The number of rotatable bonds is 1. The van der Waals surface area contributed by atoms with Crippen LogP contribution in [0.1, 0.15) is 31.4 Å². The number of aromatic nitrogens is 2. The highest BCUT2D eigenvalue weighted by atomic mass is 32.2. The van der Waals surface area contributed by atoms with Gasteiger partial charge in [0.2, 0.25) is 0 Å². The van der Waals surface area contributed by atoms with Crippen molar-refractivity contribution in [2.75, 3.05) is 11.1 Å². The molecule has 0 bridgehead atoms. The molecule has 0 saturated heterocycles. The summed E-state index contributed by atoms with van der Waals surface area (Å²) in [6.07, 6.45) is 7.21. The molecule has 1 N–H and O–H groups in total. The summed E-state index contributed by atoms with van der Waals surface area (Å²) in [7, 11) is 1.94. The van der Waals surface area contributed by atoms with Gasteiger partial charge in [-0.2, -0.15) is 5.10 Å². The second-order valence-electron chi connectivity index (χ2n) is 5.06. The van der Waals surface area contributed by atoms with Gasteiger partial charge in [-0.1, -0.05) is 24.6 Å². The first-order valence-electron chi connectivity index (χ1n) is 6.17. The molecule has 1 aromatic rings. The number of nitrogens with zero attached hydrogens (tertiary/aromatic N) is 3. The molecule has 17 heavy (non-hydrogen) atoms. The molecule has 2 aliphatic rings. The van der Waals surface area contributed by atoms with Crippen LogP contribution < -0.4 is 5.32 Å². The summed E-state index contributed by atoms with van der Waals surface area (Å²) in [5.41, 5.74) is 2.36. The topological polar surface area (TPSA) is 42.2 Å². The van der Waals surface area contributed by atoms with Crippen LogP contribution in [0, 0.1) is 6.92 Å². The molecule has 0 amide bonds. The Bertz CT molecular complexity index is 457. The van der Waals surface area contributed by atoms with Crippen molar-refractivity contribution in [3.63, 3.8) is 0 Å². The van der Waals surface area contributed by atoms with E-state index in [1.807, 2.05) is 36.6 Å². The summed E-state index contributed by atoms with van der Waals surface area (Å²) >= 11 is 1.85. The molecule has 0 radical (unpaired) electrons. The molecule has 1 saturated carbocycles. The maximum absolute atomic E-state index is 4.90. The number of aliphatic imine (C=N–C) groups is 1. The lowest BCUT2D eigenvalue weighted by molar-refractivity contribution is 0.508. The van der Waals surface area contributed by atoms with E-state index in [1.165, 1.54) is 25.7 Å². The minimum absolute atomic E-state index is 0.253. The standard InChI is InChI=1S/C12H18N4S/c1-9-10(7-16(2)15-9)13-11-14-12(8-17-11)5-3-4-6-12/h7H,3-6,8H2,1-2H3,(H,13,14). The van der Waals surface area contributed by atoms with E-state index in [1.54, 1.807) is 0 Å². The zero-order valence-corrected chi connectivity index (χ0v) is 11.2. The molecular formula is C12H18N4S. The summed E-state index contributed by atoms with van der Waals surface area (Å²) in [5, 5.41) is 8.82. The molecule has 5 heteroatoms. The molecular weight excluding hydrogens is 232 g/mol. The Balaban J connectivity index is 1.76. The third-order valence-electron chi connectivity index (χ3n) is 3.61. The van der Waals surface area contributed by atoms with Gasteiger partial charge in [0.25, 0.3) is 0 Å². The van der Waals surface area contributed by atoms with E-state index in [2.05, 4.69) is 10.4 Å². The smallest absolute Gasteiger partial charge is 0.161 e. The van der Waals surface area contributed by atoms with Crippen molar-refractivity contribution in [3.8, 4) is 0 Å². The molecule has 1 aliphatic heterocycles. The number of aryl methyl sites for hydroxylation is 2. The van der Waals surface area contributed by atoms with Crippen LogP contribution in [0.5, 0.6) is 0 Å². The predicted octanol–water partition coefficient (Wildman–Crippen LogP) is 2.56. The lowest BCUT2D eigenvalue weighted by Gasteiger charge is -2.16. The third-order valence-corrected chi connectivity index (χ3v) is 4.75. The van der Waals surface area contributed by atoms with Gasteiger partial charge in [0, 0.05) is 19.0 Å². The van der Waals surface area contributed by atoms with Crippen LogP contribution in [0.15, 0.2) is 11.2 Å². The van der Waals surface area contributed by atoms with Gasteiger partial charge in [-0.05, 0) is 19.8 Å². The van der Waals surface area contributed by atoms with E-state index in [4.69, 9.17) is 4.99 Å². The number of thioether (sulfide) groups is 1. The average molecular weight is 250 g/mol. The van der Waals surface area contributed by atoms with E-state index < -0.39 is 0 Å². The van der Waals surface area contributed by atoms with Gasteiger partial charge in [-0.25, -0.2) is 0 Å². The Morgan fingerprint density at radius 1 is 1.41 bits per heavy atom. The number of nitrogens with one attached hydrogen (secondary N) is 1. The Kier molecular flexibility index (Phi) is 2.65. The Labute approximate surface area is 106 Å². The van der Waals surface area contributed by atoms with Crippen molar-refractivity contribution < 1.29 is 0 Å². The molecule has 3 rings (SSSR count). The van der Waals surface area contributed by atoms with Crippen molar-refractivity contribution >= 4 is 22.6 Å². The highest BCUT2D eigenvalue weighted by Gasteiger charge is 2.38. The lowest BCUT2D eigenvalue weighted by atomic mass is 10.0. The average Bonchev–Trinajstić information content (AvgIpc) is 2.95. The molecule has 1 fully saturated rings. The third kappa shape index (κ3) is 2.08. The highest BCUT2D eigenvalue weighted by Crippen LogP contribution is 2.41. The number of anilines is 1. The summed E-state index contributed by atoms with van der Waals surface area (Å²) < 4.78 is 1.84. The lowest BCUT2D eigenvalue weighted by Crippen LogP contribution is -2.21. The zero-order chi connectivity index (χ0) is 11.9. The van der Waals surface area contributed by atoms with E-state index in [0.29, 0.717) is 0 Å². The minimum Gasteiger partial charge on any atom is -0.332 e. The molecule has 4 nitrogen and oxygen atoms in total. The van der Waals surface area contributed by atoms with Crippen molar-refractivity contribution in [2.24, 2.45) is 12.0 Å². The summed E-state index contributed by atoms with van der Waals surface area (Å²) in [5.74, 6) is 1.15. The van der Waals surface area contributed by atoms with Crippen molar-refractivity contribution in [2.45, 2.75) is 38.1 Å². The van der Waals surface area contributed by atoms with Gasteiger partial charge in [0.15, 0.2) is 5.17 Å². The van der Waals surface area contributed by atoms with Crippen molar-refractivity contribution in [1.29, 1.82) is 0 Å². The van der Waals surface area contributed by atoms with Gasteiger partial charge >= 0.3 is 0 Å². The SMILES string of the molecule is Cc1nn(C)cc1NC1=NC2(CCCC2)CS1. The fourth-order valence-electron chi connectivity index (χ4n) is 2.67. The van der Waals surface area contributed by atoms with Gasteiger partial charge < -0.3 is 5.32 Å². The monoisotopic (exact) mass is 250 g/mol. The minimum atomic E-state index is 0.253. The summed E-state index contributed by atoms with van der Waals surface area (Å²) in [4.78, 5) is 4.90. The number of hydrogen-bond donors (Lipinski definition) is 1. The molecule has 0 aromatic carbocycles. The van der Waals surface area contributed by atoms with Crippen LogP contribution in [0.4, 0.5) is 5.69 Å². The van der Waals surface area contributed by atoms with Crippen molar-refractivity contribution in [3.05, 3.63) is 11.9 Å². The van der Waals surface area contributed by atoms with Crippen LogP contribution in [-0.2, 0) is 7.05 Å². The Morgan fingerprint density at radius 2 is 2.18 bits per heavy atom. The molecule has 2 heterocycles. The van der Waals surface area contributed by atoms with Gasteiger partial charge in [0.05, 0.1) is 16.9 Å². The second-order valence-corrected chi connectivity index (χ2v) is 6.03. The molecule has 1 aromatic heterocycles. The first-order chi connectivity index (χ1) is 8.17.